The van der Waals surface area contributed by atoms with Gasteiger partial charge in [0.05, 0.1) is 13.2 Å². The van der Waals surface area contributed by atoms with Crippen LogP contribution in [0, 0.1) is 0 Å². The number of carbonyl (C=O) groups is 2. The molecule has 0 bridgehead atoms. The minimum Gasteiger partial charge on any atom is -0.480 e. The summed E-state index contributed by atoms with van der Waals surface area (Å²) in [6, 6.07) is -0.682. The number of rotatable bonds is 7. The van der Waals surface area contributed by atoms with E-state index in [-0.39, 0.29) is 12.5 Å². The molecule has 0 aliphatic carbocycles. The SMILES string of the molecule is CCOCCOCC(=O)N1CCC[C@H]1C(=O)O. The first kappa shape index (κ1) is 13.9. The van der Waals surface area contributed by atoms with E-state index in [0.717, 1.165) is 6.42 Å². The van der Waals surface area contributed by atoms with Crippen LogP contribution in [0.2, 0.25) is 0 Å². The maximum atomic E-state index is 11.7. The van der Waals surface area contributed by atoms with Crippen molar-refractivity contribution in [3.63, 3.8) is 0 Å². The summed E-state index contributed by atoms with van der Waals surface area (Å²) in [5.41, 5.74) is 0. The van der Waals surface area contributed by atoms with E-state index in [1.165, 1.54) is 4.90 Å². The molecular formula is C11H19NO5. The lowest BCUT2D eigenvalue weighted by molar-refractivity contribution is -0.150. The van der Waals surface area contributed by atoms with Gasteiger partial charge >= 0.3 is 5.97 Å². The zero-order valence-corrected chi connectivity index (χ0v) is 10.1. The highest BCUT2D eigenvalue weighted by molar-refractivity contribution is 5.84. The highest BCUT2D eigenvalue weighted by Gasteiger charge is 2.33. The van der Waals surface area contributed by atoms with Crippen molar-refractivity contribution in [3.05, 3.63) is 0 Å². The quantitative estimate of drug-likeness (QED) is 0.644. The van der Waals surface area contributed by atoms with E-state index >= 15 is 0 Å². The summed E-state index contributed by atoms with van der Waals surface area (Å²) in [5, 5.41) is 8.92. The molecule has 6 heteroatoms. The monoisotopic (exact) mass is 245 g/mol. The molecule has 0 aromatic heterocycles. The van der Waals surface area contributed by atoms with E-state index in [0.29, 0.717) is 32.8 Å². The van der Waals surface area contributed by atoms with Gasteiger partial charge in [0.2, 0.25) is 5.91 Å². The summed E-state index contributed by atoms with van der Waals surface area (Å²) >= 11 is 0. The van der Waals surface area contributed by atoms with Crippen LogP contribution < -0.4 is 0 Å². The van der Waals surface area contributed by atoms with Crippen molar-refractivity contribution >= 4 is 11.9 Å². The predicted molar refractivity (Wildman–Crippen MR) is 59.7 cm³/mol. The number of amides is 1. The third-order valence-corrected chi connectivity index (χ3v) is 2.66. The fourth-order valence-electron chi connectivity index (χ4n) is 1.83. The molecule has 1 N–H and O–H groups in total. The minimum atomic E-state index is -0.940. The van der Waals surface area contributed by atoms with Crippen molar-refractivity contribution in [2.75, 3.05) is 33.0 Å². The predicted octanol–water partition coefficient (Wildman–Crippen LogP) is 0.115. The van der Waals surface area contributed by atoms with Gasteiger partial charge in [0.1, 0.15) is 12.6 Å². The lowest BCUT2D eigenvalue weighted by Gasteiger charge is -2.21. The Kier molecular flexibility index (Phi) is 5.93. The first-order valence-electron chi connectivity index (χ1n) is 5.84. The highest BCUT2D eigenvalue weighted by atomic mass is 16.5. The molecule has 1 fully saturated rings. The van der Waals surface area contributed by atoms with Crippen molar-refractivity contribution in [2.45, 2.75) is 25.8 Å². The first-order valence-corrected chi connectivity index (χ1v) is 5.84. The minimum absolute atomic E-state index is 0.0726. The van der Waals surface area contributed by atoms with Gasteiger partial charge in [-0.15, -0.1) is 0 Å². The third kappa shape index (κ3) is 4.32. The molecule has 1 aliphatic rings. The molecule has 98 valence electrons. The molecule has 0 spiro atoms. The van der Waals surface area contributed by atoms with E-state index in [1.54, 1.807) is 0 Å². The van der Waals surface area contributed by atoms with E-state index in [2.05, 4.69) is 0 Å². The van der Waals surface area contributed by atoms with Crippen molar-refractivity contribution in [1.82, 2.24) is 4.90 Å². The van der Waals surface area contributed by atoms with Gasteiger partial charge in [-0.1, -0.05) is 0 Å². The maximum absolute atomic E-state index is 11.7. The first-order chi connectivity index (χ1) is 8.16. The number of aliphatic carboxylic acids is 1. The second-order valence-corrected chi connectivity index (χ2v) is 3.83. The Hall–Kier alpha value is -1.14. The number of ether oxygens (including phenoxy) is 2. The molecule has 1 aliphatic heterocycles. The van der Waals surface area contributed by atoms with Crippen LogP contribution in [0.5, 0.6) is 0 Å². The topological polar surface area (TPSA) is 76.1 Å². The normalized spacial score (nSPS) is 19.6. The number of hydrogen-bond acceptors (Lipinski definition) is 4. The molecule has 0 saturated carbocycles. The Morgan fingerprint density at radius 3 is 2.71 bits per heavy atom. The van der Waals surface area contributed by atoms with E-state index in [4.69, 9.17) is 14.6 Å². The number of carbonyl (C=O) groups excluding carboxylic acids is 1. The Balaban J connectivity index is 2.25. The molecule has 1 rings (SSSR count). The summed E-state index contributed by atoms with van der Waals surface area (Å²) < 4.78 is 10.2. The fourth-order valence-corrected chi connectivity index (χ4v) is 1.83. The summed E-state index contributed by atoms with van der Waals surface area (Å²) in [4.78, 5) is 23.9. The van der Waals surface area contributed by atoms with Crippen molar-refractivity contribution in [2.24, 2.45) is 0 Å². The smallest absolute Gasteiger partial charge is 0.326 e. The Labute approximate surface area is 100 Å². The average Bonchev–Trinajstić information content (AvgIpc) is 2.77. The van der Waals surface area contributed by atoms with Crippen LogP contribution in [0.4, 0.5) is 0 Å². The van der Waals surface area contributed by atoms with Gasteiger partial charge in [0.15, 0.2) is 0 Å². The van der Waals surface area contributed by atoms with Crippen LogP contribution in [-0.2, 0) is 19.1 Å². The second-order valence-electron chi connectivity index (χ2n) is 3.83. The fraction of sp³-hybridized carbons (Fsp3) is 0.818. The largest absolute Gasteiger partial charge is 0.480 e. The molecule has 6 nitrogen and oxygen atoms in total. The zero-order valence-electron chi connectivity index (χ0n) is 10.1. The molecule has 1 saturated heterocycles. The molecule has 1 atom stereocenters. The Morgan fingerprint density at radius 1 is 1.35 bits per heavy atom. The van der Waals surface area contributed by atoms with Crippen LogP contribution in [-0.4, -0.2) is 60.9 Å². The number of hydrogen-bond donors (Lipinski definition) is 1. The molecule has 0 aromatic carbocycles. The van der Waals surface area contributed by atoms with Gasteiger partial charge < -0.3 is 19.5 Å². The van der Waals surface area contributed by atoms with Crippen LogP contribution in [0.25, 0.3) is 0 Å². The second kappa shape index (κ2) is 7.24. The maximum Gasteiger partial charge on any atom is 0.326 e. The molecule has 1 heterocycles. The van der Waals surface area contributed by atoms with Crippen molar-refractivity contribution in [3.8, 4) is 0 Å². The van der Waals surface area contributed by atoms with Crippen LogP contribution in [0.15, 0.2) is 0 Å². The van der Waals surface area contributed by atoms with Crippen molar-refractivity contribution in [1.29, 1.82) is 0 Å². The standard InChI is InChI=1S/C11H19NO5/c1-2-16-6-7-17-8-10(13)12-5-3-4-9(12)11(14)15/h9H,2-8H2,1H3,(H,14,15)/t9-/m0/s1. The Morgan fingerprint density at radius 2 is 2.06 bits per heavy atom. The summed E-state index contributed by atoms with van der Waals surface area (Å²) in [6.07, 6.45) is 1.27. The summed E-state index contributed by atoms with van der Waals surface area (Å²) in [7, 11) is 0. The van der Waals surface area contributed by atoms with E-state index in [1.807, 2.05) is 6.92 Å². The summed E-state index contributed by atoms with van der Waals surface area (Å²) in [5.74, 6) is -1.20. The van der Waals surface area contributed by atoms with Crippen LogP contribution in [0.1, 0.15) is 19.8 Å². The van der Waals surface area contributed by atoms with Crippen LogP contribution in [0.3, 0.4) is 0 Å². The molecule has 0 radical (unpaired) electrons. The lowest BCUT2D eigenvalue weighted by atomic mass is 10.2. The van der Waals surface area contributed by atoms with E-state index in [9.17, 15) is 9.59 Å². The van der Waals surface area contributed by atoms with E-state index < -0.39 is 12.0 Å². The molecule has 0 unspecified atom stereocenters. The van der Waals surface area contributed by atoms with Gasteiger partial charge in [-0.05, 0) is 19.8 Å². The molecular weight excluding hydrogens is 226 g/mol. The lowest BCUT2D eigenvalue weighted by Crippen LogP contribution is -2.42. The highest BCUT2D eigenvalue weighted by Crippen LogP contribution is 2.17. The molecule has 17 heavy (non-hydrogen) atoms. The van der Waals surface area contributed by atoms with Gasteiger partial charge in [0.25, 0.3) is 0 Å². The van der Waals surface area contributed by atoms with Gasteiger partial charge in [-0.2, -0.15) is 0 Å². The summed E-state index contributed by atoms with van der Waals surface area (Å²) in [6.45, 7) is 3.73. The Bertz CT molecular complexity index is 269. The van der Waals surface area contributed by atoms with Crippen LogP contribution >= 0.6 is 0 Å². The average molecular weight is 245 g/mol. The number of carboxylic acid groups (broad SMARTS) is 1. The van der Waals surface area contributed by atoms with Gasteiger partial charge in [-0.25, -0.2) is 4.79 Å². The van der Waals surface area contributed by atoms with Gasteiger partial charge in [0, 0.05) is 13.2 Å². The molecule has 1 amide bonds. The molecule has 0 aromatic rings. The zero-order chi connectivity index (χ0) is 12.7. The van der Waals surface area contributed by atoms with Crippen molar-refractivity contribution < 1.29 is 24.2 Å². The third-order valence-electron chi connectivity index (χ3n) is 2.66. The number of carboxylic acids is 1. The van der Waals surface area contributed by atoms with Gasteiger partial charge in [-0.3, -0.25) is 4.79 Å². The number of likely N-dealkylation sites (tertiary alicyclic amines) is 1. The number of nitrogens with zero attached hydrogens (tertiary/aromatic N) is 1.